The van der Waals surface area contributed by atoms with E-state index in [0.717, 1.165) is 30.5 Å². The fraction of sp³-hybridized carbons (Fsp3) is 0.429. The van der Waals surface area contributed by atoms with E-state index in [9.17, 15) is 22.8 Å². The lowest BCUT2D eigenvalue weighted by Gasteiger charge is -2.30. The van der Waals surface area contributed by atoms with Gasteiger partial charge >= 0.3 is 6.18 Å². The van der Waals surface area contributed by atoms with Crippen molar-refractivity contribution in [3.8, 4) is 17.9 Å². The largest absolute Gasteiger partial charge is 0.406 e. The lowest BCUT2D eigenvalue weighted by molar-refractivity contribution is -0.140. The highest BCUT2D eigenvalue weighted by atomic mass is 19.4. The molecule has 38 heavy (non-hydrogen) atoms. The van der Waals surface area contributed by atoms with E-state index in [2.05, 4.69) is 38.4 Å². The Labute approximate surface area is 219 Å². The Morgan fingerprint density at radius 3 is 2.50 bits per heavy atom. The van der Waals surface area contributed by atoms with Crippen LogP contribution in [0.1, 0.15) is 38.1 Å². The molecule has 0 unspecified atom stereocenters. The molecular formula is C28H30F4N6. The van der Waals surface area contributed by atoms with Gasteiger partial charge in [0.05, 0.1) is 46.8 Å². The van der Waals surface area contributed by atoms with Crippen molar-refractivity contribution >= 4 is 22.3 Å². The second-order valence-electron chi connectivity index (χ2n) is 10.1. The standard InChI is InChI=1S/C28H30F4N6/c1-27(2,17-33)25-9-6-20(16-35-25)34-12-4-5-21-15-22-24(36-19-10-13-37(3)14-11-19)8-7-23(29)26(22)38(21)18-28(30,31)32/h6-9,15-16,19,34,36H,10-14,18H2,1-3H3. The van der Waals surface area contributed by atoms with E-state index >= 15 is 0 Å². The maximum absolute atomic E-state index is 14.9. The highest BCUT2D eigenvalue weighted by molar-refractivity contribution is 5.94. The van der Waals surface area contributed by atoms with Crippen molar-refractivity contribution in [1.82, 2.24) is 14.5 Å². The Balaban J connectivity index is 1.59. The van der Waals surface area contributed by atoms with Crippen LogP contribution in [0.5, 0.6) is 0 Å². The summed E-state index contributed by atoms with van der Waals surface area (Å²) in [4.78, 5) is 6.52. The summed E-state index contributed by atoms with van der Waals surface area (Å²) in [5.41, 5.74) is 1.13. The van der Waals surface area contributed by atoms with E-state index in [4.69, 9.17) is 0 Å². The topological polar surface area (TPSA) is 68.9 Å². The first-order chi connectivity index (χ1) is 18.0. The van der Waals surface area contributed by atoms with Gasteiger partial charge in [-0.2, -0.15) is 18.4 Å². The van der Waals surface area contributed by atoms with Crippen LogP contribution in [-0.4, -0.2) is 53.4 Å². The molecule has 2 aromatic heterocycles. The lowest BCUT2D eigenvalue weighted by atomic mass is 9.91. The van der Waals surface area contributed by atoms with Gasteiger partial charge in [-0.25, -0.2) is 4.39 Å². The van der Waals surface area contributed by atoms with Gasteiger partial charge in [-0.15, -0.1) is 0 Å². The molecule has 6 nitrogen and oxygen atoms in total. The fourth-order valence-electron chi connectivity index (χ4n) is 4.49. The van der Waals surface area contributed by atoms with Crippen LogP contribution in [0.4, 0.5) is 28.9 Å². The molecule has 3 aromatic rings. The zero-order valence-electron chi connectivity index (χ0n) is 21.6. The van der Waals surface area contributed by atoms with Gasteiger partial charge < -0.3 is 20.1 Å². The van der Waals surface area contributed by atoms with Crippen LogP contribution in [0.25, 0.3) is 10.9 Å². The van der Waals surface area contributed by atoms with Gasteiger partial charge in [-0.1, -0.05) is 5.92 Å². The normalized spacial score (nSPS) is 15.1. The number of hydrogen-bond acceptors (Lipinski definition) is 5. The number of nitrogens with zero attached hydrogens (tertiary/aromatic N) is 4. The minimum absolute atomic E-state index is 0.0832. The van der Waals surface area contributed by atoms with Gasteiger partial charge in [0.2, 0.25) is 0 Å². The molecule has 1 aliphatic rings. The number of piperidine rings is 1. The summed E-state index contributed by atoms with van der Waals surface area (Å²) < 4.78 is 56.2. The second kappa shape index (κ2) is 10.9. The van der Waals surface area contributed by atoms with Gasteiger partial charge in [0.1, 0.15) is 12.4 Å². The van der Waals surface area contributed by atoms with Crippen molar-refractivity contribution in [2.24, 2.45) is 0 Å². The number of aromatic nitrogens is 2. The third kappa shape index (κ3) is 6.38. The molecule has 0 amide bonds. The van der Waals surface area contributed by atoms with Crippen LogP contribution in [0.3, 0.4) is 0 Å². The zero-order valence-corrected chi connectivity index (χ0v) is 21.6. The van der Waals surface area contributed by atoms with Gasteiger partial charge in [0.15, 0.2) is 0 Å². The predicted molar refractivity (Wildman–Crippen MR) is 140 cm³/mol. The number of likely N-dealkylation sites (tertiary alicyclic amines) is 1. The molecule has 0 aliphatic carbocycles. The summed E-state index contributed by atoms with van der Waals surface area (Å²) in [6.45, 7) is 4.16. The highest BCUT2D eigenvalue weighted by Gasteiger charge is 2.31. The Bertz CT molecular complexity index is 1380. The molecule has 0 spiro atoms. The van der Waals surface area contributed by atoms with E-state index in [1.54, 1.807) is 38.2 Å². The molecule has 4 rings (SSSR count). The monoisotopic (exact) mass is 526 g/mol. The molecule has 10 heteroatoms. The molecule has 1 saturated heterocycles. The number of anilines is 2. The summed E-state index contributed by atoms with van der Waals surface area (Å²) in [6.07, 6.45) is -1.19. The van der Waals surface area contributed by atoms with Crippen molar-refractivity contribution in [2.45, 2.75) is 50.9 Å². The van der Waals surface area contributed by atoms with Crippen LogP contribution in [0, 0.1) is 29.0 Å². The van der Waals surface area contributed by atoms with E-state index in [-0.39, 0.29) is 23.8 Å². The van der Waals surface area contributed by atoms with Crippen molar-refractivity contribution in [2.75, 3.05) is 37.3 Å². The first kappa shape index (κ1) is 27.3. The molecule has 3 heterocycles. The number of nitriles is 1. The lowest BCUT2D eigenvalue weighted by Crippen LogP contribution is -2.36. The first-order valence-electron chi connectivity index (χ1n) is 12.4. The van der Waals surface area contributed by atoms with Crippen molar-refractivity contribution in [1.29, 1.82) is 5.26 Å². The maximum atomic E-state index is 14.9. The summed E-state index contributed by atoms with van der Waals surface area (Å²) in [6, 6.07) is 10.2. The molecule has 1 aliphatic heterocycles. The summed E-state index contributed by atoms with van der Waals surface area (Å²) >= 11 is 0. The molecule has 1 aromatic carbocycles. The van der Waals surface area contributed by atoms with Crippen LogP contribution < -0.4 is 10.6 Å². The van der Waals surface area contributed by atoms with Gasteiger partial charge in [-0.05, 0) is 83.1 Å². The molecule has 0 saturated carbocycles. The number of rotatable bonds is 6. The number of alkyl halides is 3. The number of halogens is 4. The Morgan fingerprint density at radius 2 is 1.87 bits per heavy atom. The summed E-state index contributed by atoms with van der Waals surface area (Å²) in [5, 5.41) is 16.1. The van der Waals surface area contributed by atoms with E-state index in [1.807, 2.05) is 7.05 Å². The van der Waals surface area contributed by atoms with Gasteiger partial charge in [0, 0.05) is 17.1 Å². The molecule has 0 atom stereocenters. The number of pyridine rings is 1. The van der Waals surface area contributed by atoms with Crippen molar-refractivity contribution in [3.05, 3.63) is 53.7 Å². The van der Waals surface area contributed by atoms with Gasteiger partial charge in [-0.3, -0.25) is 4.98 Å². The Hall–Kier alpha value is -3.76. The number of nitrogens with one attached hydrogen (secondary N) is 2. The van der Waals surface area contributed by atoms with Crippen molar-refractivity contribution < 1.29 is 17.6 Å². The van der Waals surface area contributed by atoms with Crippen LogP contribution >= 0.6 is 0 Å². The second-order valence-corrected chi connectivity index (χ2v) is 10.1. The van der Waals surface area contributed by atoms with E-state index in [0.29, 0.717) is 22.5 Å². The van der Waals surface area contributed by atoms with Crippen LogP contribution in [-0.2, 0) is 12.0 Å². The zero-order chi connectivity index (χ0) is 27.5. The summed E-state index contributed by atoms with van der Waals surface area (Å²) in [7, 11) is 2.05. The maximum Gasteiger partial charge on any atom is 0.406 e. The predicted octanol–water partition coefficient (Wildman–Crippen LogP) is 5.51. The van der Waals surface area contributed by atoms with Crippen molar-refractivity contribution in [3.63, 3.8) is 0 Å². The summed E-state index contributed by atoms with van der Waals surface area (Å²) in [5.74, 6) is 4.90. The van der Waals surface area contributed by atoms with Gasteiger partial charge in [0.25, 0.3) is 0 Å². The minimum Gasteiger partial charge on any atom is -0.382 e. The minimum atomic E-state index is -4.55. The average molecular weight is 527 g/mol. The Morgan fingerprint density at radius 1 is 1.13 bits per heavy atom. The molecule has 200 valence electrons. The third-order valence-electron chi connectivity index (χ3n) is 6.71. The van der Waals surface area contributed by atoms with Crippen LogP contribution in [0.2, 0.25) is 0 Å². The SMILES string of the molecule is CN1CCC(Nc2ccc(F)c3c2cc(C#CCNc2ccc(C(C)(C)C#N)nc2)n3CC(F)(F)F)CC1. The molecule has 0 bridgehead atoms. The first-order valence-corrected chi connectivity index (χ1v) is 12.4. The molecule has 2 N–H and O–H groups in total. The Kier molecular flexibility index (Phi) is 7.84. The quantitative estimate of drug-likeness (QED) is 0.328. The van der Waals surface area contributed by atoms with E-state index in [1.165, 1.54) is 12.1 Å². The number of benzene rings is 1. The fourth-order valence-corrected chi connectivity index (χ4v) is 4.49. The van der Waals surface area contributed by atoms with E-state index < -0.39 is 24.0 Å². The number of hydrogen-bond donors (Lipinski definition) is 2. The molecule has 1 fully saturated rings. The molecule has 0 radical (unpaired) electrons. The molecular weight excluding hydrogens is 496 g/mol. The smallest absolute Gasteiger partial charge is 0.382 e. The number of fused-ring (bicyclic) bond motifs is 1. The highest BCUT2D eigenvalue weighted by Crippen LogP contribution is 2.33. The average Bonchev–Trinajstić information content (AvgIpc) is 3.22. The third-order valence-corrected chi connectivity index (χ3v) is 6.71. The van der Waals surface area contributed by atoms with Crippen LogP contribution in [0.15, 0.2) is 36.5 Å².